The highest BCUT2D eigenvalue weighted by Gasteiger charge is 2.30. The predicted molar refractivity (Wildman–Crippen MR) is 75.2 cm³/mol. The van der Waals surface area contributed by atoms with Crippen LogP contribution >= 0.6 is 0 Å². The molecule has 20 heavy (non-hydrogen) atoms. The first-order valence-corrected chi connectivity index (χ1v) is 6.78. The van der Waals surface area contributed by atoms with Crippen molar-refractivity contribution in [1.29, 1.82) is 5.26 Å². The Morgan fingerprint density at radius 1 is 1.40 bits per heavy atom. The molecule has 1 aliphatic carbocycles. The first kappa shape index (κ1) is 12.6. The zero-order chi connectivity index (χ0) is 14.1. The van der Waals surface area contributed by atoms with E-state index in [0.717, 1.165) is 11.8 Å². The molecule has 1 aromatic carbocycles. The molecule has 0 amide bonds. The summed E-state index contributed by atoms with van der Waals surface area (Å²) in [4.78, 5) is 11.2. The second-order valence-electron chi connectivity index (χ2n) is 5.30. The van der Waals surface area contributed by atoms with Gasteiger partial charge in [-0.1, -0.05) is 12.1 Å². The fourth-order valence-electron chi connectivity index (χ4n) is 2.42. The van der Waals surface area contributed by atoms with Gasteiger partial charge in [0.1, 0.15) is 5.69 Å². The number of aromatic nitrogens is 2. The SMILES string of the molecule is CC(C1CC1)n1cc(C=O)c(-c2ccc(C#N)cc2)n1. The molecule has 1 aliphatic rings. The lowest BCUT2D eigenvalue weighted by Gasteiger charge is -2.09. The van der Waals surface area contributed by atoms with Crippen molar-refractivity contribution in [1.82, 2.24) is 9.78 Å². The number of carbonyl (C=O) groups excluding carboxylic acids is 1. The molecule has 2 aromatic rings. The minimum absolute atomic E-state index is 0.334. The zero-order valence-electron chi connectivity index (χ0n) is 11.3. The van der Waals surface area contributed by atoms with Crippen molar-refractivity contribution in [2.24, 2.45) is 5.92 Å². The van der Waals surface area contributed by atoms with Gasteiger partial charge in [-0.3, -0.25) is 9.48 Å². The van der Waals surface area contributed by atoms with Gasteiger partial charge in [0.25, 0.3) is 0 Å². The number of hydrogen-bond donors (Lipinski definition) is 0. The van der Waals surface area contributed by atoms with Crippen LogP contribution in [0, 0.1) is 17.2 Å². The summed E-state index contributed by atoms with van der Waals surface area (Å²) >= 11 is 0. The Morgan fingerprint density at radius 3 is 2.65 bits per heavy atom. The third kappa shape index (κ3) is 2.23. The van der Waals surface area contributed by atoms with E-state index in [1.54, 1.807) is 12.1 Å². The summed E-state index contributed by atoms with van der Waals surface area (Å²) in [5.41, 5.74) is 2.76. The lowest BCUT2D eigenvalue weighted by Crippen LogP contribution is -2.07. The summed E-state index contributed by atoms with van der Waals surface area (Å²) in [5.74, 6) is 0.684. The standard InChI is InChI=1S/C16H15N3O/c1-11(13-6-7-13)19-9-15(10-20)16(18-19)14-4-2-12(8-17)3-5-14/h2-5,9-11,13H,6-7H2,1H3. The summed E-state index contributed by atoms with van der Waals surface area (Å²) in [6, 6.07) is 9.57. The summed E-state index contributed by atoms with van der Waals surface area (Å²) in [5, 5.41) is 13.4. The lowest BCUT2D eigenvalue weighted by molar-refractivity contribution is 0.112. The van der Waals surface area contributed by atoms with Gasteiger partial charge in [-0.25, -0.2) is 0 Å². The minimum atomic E-state index is 0.334. The van der Waals surface area contributed by atoms with Crippen LogP contribution in [0.5, 0.6) is 0 Å². The van der Waals surface area contributed by atoms with Crippen molar-refractivity contribution < 1.29 is 4.79 Å². The van der Waals surface area contributed by atoms with Crippen molar-refractivity contribution in [3.63, 3.8) is 0 Å². The topological polar surface area (TPSA) is 58.7 Å². The first-order valence-electron chi connectivity index (χ1n) is 6.78. The highest BCUT2D eigenvalue weighted by molar-refractivity contribution is 5.85. The molecule has 0 N–H and O–H groups in total. The van der Waals surface area contributed by atoms with Gasteiger partial charge in [0.15, 0.2) is 6.29 Å². The maximum absolute atomic E-state index is 11.2. The number of benzene rings is 1. The Kier molecular flexibility index (Phi) is 3.11. The molecule has 1 aromatic heterocycles. The smallest absolute Gasteiger partial charge is 0.153 e. The van der Waals surface area contributed by atoms with E-state index in [0.29, 0.717) is 28.8 Å². The molecule has 0 spiro atoms. The van der Waals surface area contributed by atoms with Crippen molar-refractivity contribution in [3.8, 4) is 17.3 Å². The highest BCUT2D eigenvalue weighted by atomic mass is 16.1. The maximum Gasteiger partial charge on any atom is 0.153 e. The van der Waals surface area contributed by atoms with E-state index in [1.165, 1.54) is 12.8 Å². The van der Waals surface area contributed by atoms with Gasteiger partial charge in [-0.2, -0.15) is 10.4 Å². The lowest BCUT2D eigenvalue weighted by atomic mass is 10.1. The quantitative estimate of drug-likeness (QED) is 0.797. The average Bonchev–Trinajstić information content (AvgIpc) is 3.25. The second-order valence-corrected chi connectivity index (χ2v) is 5.30. The van der Waals surface area contributed by atoms with Gasteiger partial charge in [-0.15, -0.1) is 0 Å². The molecule has 4 heteroatoms. The molecule has 0 radical (unpaired) electrons. The van der Waals surface area contributed by atoms with E-state index in [-0.39, 0.29) is 0 Å². The zero-order valence-corrected chi connectivity index (χ0v) is 11.3. The number of aldehydes is 1. The van der Waals surface area contributed by atoms with Crippen LogP contribution in [0.15, 0.2) is 30.5 Å². The Hall–Kier alpha value is -2.41. The summed E-state index contributed by atoms with van der Waals surface area (Å²) in [6.07, 6.45) is 5.15. The monoisotopic (exact) mass is 265 g/mol. The predicted octanol–water partition coefficient (Wildman–Crippen LogP) is 3.21. The van der Waals surface area contributed by atoms with Crippen LogP contribution in [-0.4, -0.2) is 16.1 Å². The summed E-state index contributed by atoms with van der Waals surface area (Å²) in [6.45, 7) is 2.14. The number of nitriles is 1. The number of carbonyl (C=O) groups is 1. The molecule has 1 unspecified atom stereocenters. The fraction of sp³-hybridized carbons (Fsp3) is 0.312. The minimum Gasteiger partial charge on any atom is -0.298 e. The Morgan fingerprint density at radius 2 is 2.10 bits per heavy atom. The van der Waals surface area contributed by atoms with Crippen molar-refractivity contribution >= 4 is 6.29 Å². The molecule has 0 saturated heterocycles. The van der Waals surface area contributed by atoms with Gasteiger partial charge in [0.2, 0.25) is 0 Å². The van der Waals surface area contributed by atoms with Gasteiger partial charge >= 0.3 is 0 Å². The van der Waals surface area contributed by atoms with Crippen LogP contribution in [0.4, 0.5) is 0 Å². The van der Waals surface area contributed by atoms with Gasteiger partial charge in [0.05, 0.1) is 23.2 Å². The molecule has 100 valence electrons. The van der Waals surface area contributed by atoms with E-state index in [2.05, 4.69) is 18.1 Å². The van der Waals surface area contributed by atoms with Crippen LogP contribution < -0.4 is 0 Å². The Balaban J connectivity index is 1.98. The summed E-state index contributed by atoms with van der Waals surface area (Å²) < 4.78 is 1.90. The highest BCUT2D eigenvalue weighted by Crippen LogP contribution is 2.39. The molecule has 1 saturated carbocycles. The molecular weight excluding hydrogens is 250 g/mol. The van der Waals surface area contributed by atoms with Crippen LogP contribution in [0.2, 0.25) is 0 Å². The van der Waals surface area contributed by atoms with E-state index < -0.39 is 0 Å². The van der Waals surface area contributed by atoms with Crippen LogP contribution in [0.25, 0.3) is 11.3 Å². The largest absolute Gasteiger partial charge is 0.298 e. The maximum atomic E-state index is 11.2. The first-order chi connectivity index (χ1) is 9.72. The number of rotatable bonds is 4. The summed E-state index contributed by atoms with van der Waals surface area (Å²) in [7, 11) is 0. The van der Waals surface area contributed by atoms with Gasteiger partial charge < -0.3 is 0 Å². The van der Waals surface area contributed by atoms with E-state index in [4.69, 9.17) is 5.26 Å². The molecule has 4 nitrogen and oxygen atoms in total. The third-order valence-corrected chi connectivity index (χ3v) is 3.90. The van der Waals surface area contributed by atoms with Gasteiger partial charge in [-0.05, 0) is 37.8 Å². The van der Waals surface area contributed by atoms with Crippen LogP contribution in [0.1, 0.15) is 41.7 Å². The second kappa shape index (κ2) is 4.93. The molecule has 3 rings (SSSR count). The van der Waals surface area contributed by atoms with Crippen molar-refractivity contribution in [2.75, 3.05) is 0 Å². The van der Waals surface area contributed by atoms with Crippen molar-refractivity contribution in [2.45, 2.75) is 25.8 Å². The molecule has 0 aliphatic heterocycles. The average molecular weight is 265 g/mol. The van der Waals surface area contributed by atoms with Crippen molar-refractivity contribution in [3.05, 3.63) is 41.6 Å². The normalized spacial score (nSPS) is 15.6. The van der Waals surface area contributed by atoms with Crippen LogP contribution in [-0.2, 0) is 0 Å². The Bertz CT molecular complexity index is 675. The Labute approximate surface area is 117 Å². The van der Waals surface area contributed by atoms with Crippen LogP contribution in [0.3, 0.4) is 0 Å². The molecule has 1 fully saturated rings. The number of nitrogens with zero attached hydrogens (tertiary/aromatic N) is 3. The molecule has 1 atom stereocenters. The van der Waals surface area contributed by atoms with Gasteiger partial charge in [0, 0.05) is 11.8 Å². The van der Waals surface area contributed by atoms with E-state index >= 15 is 0 Å². The molecular formula is C16H15N3O. The fourth-order valence-corrected chi connectivity index (χ4v) is 2.42. The third-order valence-electron chi connectivity index (χ3n) is 3.90. The number of hydrogen-bond acceptors (Lipinski definition) is 3. The van der Waals surface area contributed by atoms with E-state index in [1.807, 2.05) is 23.0 Å². The van der Waals surface area contributed by atoms with E-state index in [9.17, 15) is 4.79 Å². The molecule has 0 bridgehead atoms. The molecule has 1 heterocycles.